The van der Waals surface area contributed by atoms with E-state index < -0.39 is 15.9 Å². The van der Waals surface area contributed by atoms with E-state index in [4.69, 9.17) is 18.9 Å². The van der Waals surface area contributed by atoms with Crippen molar-refractivity contribution >= 4 is 27.9 Å². The van der Waals surface area contributed by atoms with Gasteiger partial charge in [0.15, 0.2) is 12.9 Å². The van der Waals surface area contributed by atoms with Crippen molar-refractivity contribution in [1.82, 2.24) is 4.31 Å². The summed E-state index contributed by atoms with van der Waals surface area (Å²) in [4.78, 5) is 23.5. The number of sulfonamides is 1. The first-order valence-electron chi connectivity index (χ1n) is 9.71. The molecule has 0 spiro atoms. The predicted octanol–water partition coefficient (Wildman–Crippen LogP) is 1.55. The Morgan fingerprint density at radius 1 is 1.09 bits per heavy atom. The Morgan fingerprint density at radius 3 is 2.47 bits per heavy atom. The first-order chi connectivity index (χ1) is 15.4. The van der Waals surface area contributed by atoms with Crippen LogP contribution in [0.25, 0.3) is 0 Å². The Labute approximate surface area is 186 Å². The maximum absolute atomic E-state index is 13.0. The minimum atomic E-state index is -3.84. The molecule has 32 heavy (non-hydrogen) atoms. The zero-order valence-electron chi connectivity index (χ0n) is 17.7. The smallest absolute Gasteiger partial charge is 0.262 e. The maximum atomic E-state index is 13.0. The molecule has 0 aromatic heterocycles. The topological polar surface area (TPSA) is 120 Å². The third kappa shape index (κ3) is 5.36. The molecule has 1 heterocycles. The van der Waals surface area contributed by atoms with Crippen LogP contribution in [0.1, 0.15) is 10.4 Å². The number of carbonyl (C=O) groups is 2. The van der Waals surface area contributed by atoms with Gasteiger partial charge in [-0.3, -0.25) is 9.59 Å². The Kier molecular flexibility index (Phi) is 7.67. The van der Waals surface area contributed by atoms with Crippen LogP contribution in [0.15, 0.2) is 41.3 Å². The second-order valence-electron chi connectivity index (χ2n) is 6.74. The van der Waals surface area contributed by atoms with E-state index in [0.29, 0.717) is 25.2 Å². The van der Waals surface area contributed by atoms with E-state index in [1.165, 1.54) is 48.9 Å². The monoisotopic (exact) mass is 464 g/mol. The van der Waals surface area contributed by atoms with E-state index in [9.17, 15) is 18.0 Å². The van der Waals surface area contributed by atoms with Crippen LogP contribution in [0.2, 0.25) is 0 Å². The fraction of sp³-hybridized carbons (Fsp3) is 0.333. The van der Waals surface area contributed by atoms with Crippen molar-refractivity contribution in [3.05, 3.63) is 42.0 Å². The summed E-state index contributed by atoms with van der Waals surface area (Å²) in [6.45, 7) is 0.700. The molecular weight excluding hydrogens is 440 g/mol. The first kappa shape index (κ1) is 23.5. The van der Waals surface area contributed by atoms with Crippen LogP contribution in [0.4, 0.5) is 5.69 Å². The number of carbonyl (C=O) groups excluding carboxylic acids is 2. The van der Waals surface area contributed by atoms with Crippen LogP contribution in [-0.4, -0.2) is 72.0 Å². The van der Waals surface area contributed by atoms with Gasteiger partial charge in [0.1, 0.15) is 22.1 Å². The second kappa shape index (κ2) is 10.4. The number of morpholine rings is 1. The van der Waals surface area contributed by atoms with Gasteiger partial charge in [0.2, 0.25) is 10.0 Å². The molecule has 10 nitrogen and oxygen atoms in total. The van der Waals surface area contributed by atoms with Gasteiger partial charge in [0.25, 0.3) is 5.91 Å². The first-order valence-corrected chi connectivity index (χ1v) is 11.1. The third-order valence-corrected chi connectivity index (χ3v) is 6.66. The Bertz CT molecular complexity index is 1080. The molecule has 3 rings (SSSR count). The highest BCUT2D eigenvalue weighted by molar-refractivity contribution is 7.89. The lowest BCUT2D eigenvalue weighted by Crippen LogP contribution is -2.40. The van der Waals surface area contributed by atoms with Crippen LogP contribution >= 0.6 is 0 Å². The van der Waals surface area contributed by atoms with E-state index in [-0.39, 0.29) is 47.3 Å². The van der Waals surface area contributed by atoms with Crippen molar-refractivity contribution in [1.29, 1.82) is 0 Å². The van der Waals surface area contributed by atoms with Crippen LogP contribution in [0.5, 0.6) is 17.2 Å². The van der Waals surface area contributed by atoms with Crippen molar-refractivity contribution in [3.63, 3.8) is 0 Å². The van der Waals surface area contributed by atoms with Gasteiger partial charge in [-0.05, 0) is 36.4 Å². The summed E-state index contributed by atoms with van der Waals surface area (Å²) in [5.74, 6) is 0.342. The van der Waals surface area contributed by atoms with Gasteiger partial charge in [-0.1, -0.05) is 0 Å². The average Bonchev–Trinajstić information content (AvgIpc) is 2.83. The number of hydrogen-bond acceptors (Lipinski definition) is 8. The summed E-state index contributed by atoms with van der Waals surface area (Å²) >= 11 is 0. The molecule has 2 aromatic rings. The number of amides is 1. The molecule has 2 aromatic carbocycles. The Balaban J connectivity index is 1.73. The molecule has 172 valence electrons. The van der Waals surface area contributed by atoms with Gasteiger partial charge in [-0.2, -0.15) is 4.31 Å². The minimum Gasteiger partial charge on any atom is -0.497 e. The molecule has 0 saturated carbocycles. The number of nitrogens with zero attached hydrogens (tertiary/aromatic N) is 1. The highest BCUT2D eigenvalue weighted by Gasteiger charge is 2.29. The van der Waals surface area contributed by atoms with Crippen LogP contribution in [0, 0.1) is 0 Å². The normalized spacial score (nSPS) is 14.4. The zero-order valence-corrected chi connectivity index (χ0v) is 18.5. The highest BCUT2D eigenvalue weighted by Crippen LogP contribution is 2.30. The lowest BCUT2D eigenvalue weighted by molar-refractivity contribution is -0.118. The molecule has 1 aliphatic heterocycles. The molecule has 1 N–H and O–H groups in total. The van der Waals surface area contributed by atoms with E-state index >= 15 is 0 Å². The molecule has 11 heteroatoms. The van der Waals surface area contributed by atoms with Crippen molar-refractivity contribution in [2.45, 2.75) is 4.90 Å². The lowest BCUT2D eigenvalue weighted by Gasteiger charge is -2.26. The molecule has 0 bridgehead atoms. The van der Waals surface area contributed by atoms with Crippen LogP contribution in [0.3, 0.4) is 0 Å². The summed E-state index contributed by atoms with van der Waals surface area (Å²) in [6, 6.07) is 8.96. The van der Waals surface area contributed by atoms with Crippen molar-refractivity contribution in [2.24, 2.45) is 0 Å². The fourth-order valence-corrected chi connectivity index (χ4v) is 4.69. The number of nitrogens with one attached hydrogen (secondary N) is 1. The summed E-state index contributed by atoms with van der Waals surface area (Å²) in [5, 5.41) is 2.60. The van der Waals surface area contributed by atoms with Crippen LogP contribution in [-0.2, 0) is 19.6 Å². The number of methoxy groups -OCH3 is 2. The molecule has 1 aliphatic rings. The second-order valence-corrected chi connectivity index (χ2v) is 8.65. The molecular formula is C21H24N2O8S. The highest BCUT2D eigenvalue weighted by atomic mass is 32.2. The standard InChI is InChI=1S/C21H24N2O8S/c1-28-17-4-6-18(15(11-17)13-24)31-14-21(25)22-16-3-5-19(29-2)20(12-16)32(26,27)23-7-9-30-10-8-23/h3-6,11-13H,7-10,14H2,1-2H3,(H,22,25). The van der Waals surface area contributed by atoms with Gasteiger partial charge in [0, 0.05) is 18.8 Å². The Morgan fingerprint density at radius 2 is 1.81 bits per heavy atom. The Hall–Kier alpha value is -3.15. The average molecular weight is 464 g/mol. The van der Waals surface area contributed by atoms with Gasteiger partial charge in [-0.15, -0.1) is 0 Å². The van der Waals surface area contributed by atoms with Crippen molar-refractivity contribution in [2.75, 3.05) is 52.4 Å². The number of benzene rings is 2. The number of rotatable bonds is 9. The zero-order chi connectivity index (χ0) is 23.1. The van der Waals surface area contributed by atoms with Gasteiger partial charge in [0.05, 0.1) is 33.0 Å². The van der Waals surface area contributed by atoms with E-state index in [1.807, 2.05) is 0 Å². The maximum Gasteiger partial charge on any atom is 0.262 e. The molecule has 1 amide bonds. The molecule has 0 atom stereocenters. The van der Waals surface area contributed by atoms with E-state index in [1.54, 1.807) is 6.07 Å². The quantitative estimate of drug-likeness (QED) is 0.555. The molecule has 0 radical (unpaired) electrons. The summed E-state index contributed by atoms with van der Waals surface area (Å²) < 4.78 is 48.3. The summed E-state index contributed by atoms with van der Waals surface area (Å²) in [7, 11) is -0.992. The third-order valence-electron chi connectivity index (χ3n) is 4.74. The van der Waals surface area contributed by atoms with E-state index in [0.717, 1.165) is 0 Å². The SMILES string of the molecule is COc1ccc(OCC(=O)Nc2ccc(OC)c(S(=O)(=O)N3CCOCC3)c2)c(C=O)c1. The molecule has 0 unspecified atom stereocenters. The molecule has 1 fully saturated rings. The van der Waals surface area contributed by atoms with Gasteiger partial charge in [-0.25, -0.2) is 8.42 Å². The van der Waals surface area contributed by atoms with Gasteiger partial charge >= 0.3 is 0 Å². The largest absolute Gasteiger partial charge is 0.497 e. The molecule has 0 aliphatic carbocycles. The number of anilines is 1. The lowest BCUT2D eigenvalue weighted by atomic mass is 10.2. The van der Waals surface area contributed by atoms with Gasteiger partial charge < -0.3 is 24.3 Å². The van der Waals surface area contributed by atoms with E-state index in [2.05, 4.69) is 5.32 Å². The number of ether oxygens (including phenoxy) is 4. The van der Waals surface area contributed by atoms with Crippen LogP contribution < -0.4 is 19.5 Å². The minimum absolute atomic E-state index is 0.0565. The summed E-state index contributed by atoms with van der Waals surface area (Å²) in [5.41, 5.74) is 0.497. The van der Waals surface area contributed by atoms with Crippen molar-refractivity contribution < 1.29 is 37.0 Å². The fourth-order valence-electron chi connectivity index (χ4n) is 3.10. The molecule has 1 saturated heterocycles. The number of hydrogen-bond donors (Lipinski definition) is 1. The predicted molar refractivity (Wildman–Crippen MR) is 115 cm³/mol. The van der Waals surface area contributed by atoms with Crippen molar-refractivity contribution in [3.8, 4) is 17.2 Å². The number of aldehydes is 1. The summed E-state index contributed by atoms with van der Waals surface area (Å²) in [6.07, 6.45) is 0.599.